The fraction of sp³-hybridized carbons (Fsp3) is 0.889. The first-order valence-corrected chi connectivity index (χ1v) is 5.64. The summed E-state index contributed by atoms with van der Waals surface area (Å²) < 4.78 is 0. The van der Waals surface area contributed by atoms with Crippen LogP contribution in [0.5, 0.6) is 0 Å². The Kier molecular flexibility index (Phi) is 2.07. The number of amides is 1. The van der Waals surface area contributed by atoms with Gasteiger partial charge in [0.2, 0.25) is 5.91 Å². The van der Waals surface area contributed by atoms with Crippen LogP contribution >= 0.6 is 11.8 Å². The van der Waals surface area contributed by atoms with E-state index < -0.39 is 0 Å². The van der Waals surface area contributed by atoms with Crippen LogP contribution in [-0.2, 0) is 4.79 Å². The summed E-state index contributed by atoms with van der Waals surface area (Å²) >= 11 is 2.03. The van der Waals surface area contributed by atoms with Crippen LogP contribution in [-0.4, -0.2) is 23.0 Å². The fourth-order valence-corrected chi connectivity index (χ4v) is 3.94. The van der Waals surface area contributed by atoms with Crippen LogP contribution in [0.25, 0.3) is 0 Å². The molecule has 0 saturated carbocycles. The third-order valence-corrected chi connectivity index (χ3v) is 4.66. The van der Waals surface area contributed by atoms with Gasteiger partial charge in [0.25, 0.3) is 0 Å². The molecule has 2 nitrogen and oxygen atoms in total. The molecule has 2 aliphatic rings. The van der Waals surface area contributed by atoms with Crippen molar-refractivity contribution in [1.29, 1.82) is 0 Å². The van der Waals surface area contributed by atoms with Gasteiger partial charge in [-0.05, 0) is 5.92 Å². The van der Waals surface area contributed by atoms with Gasteiger partial charge in [0.1, 0.15) is 0 Å². The maximum Gasteiger partial charge on any atom is 0.220 e. The molecule has 1 amide bonds. The Morgan fingerprint density at radius 3 is 3.00 bits per heavy atom. The molecule has 0 bridgehead atoms. The van der Waals surface area contributed by atoms with Gasteiger partial charge in [-0.1, -0.05) is 13.8 Å². The zero-order valence-electron chi connectivity index (χ0n) is 7.54. The minimum Gasteiger partial charge on any atom is -0.352 e. The largest absolute Gasteiger partial charge is 0.352 e. The van der Waals surface area contributed by atoms with Crippen molar-refractivity contribution >= 4 is 17.7 Å². The third kappa shape index (κ3) is 1.24. The lowest BCUT2D eigenvalue weighted by atomic mass is 9.91. The summed E-state index contributed by atoms with van der Waals surface area (Å²) in [5.41, 5.74) is 0. The van der Waals surface area contributed by atoms with Crippen molar-refractivity contribution in [3.8, 4) is 0 Å². The minimum absolute atomic E-state index is 0.260. The number of carbonyl (C=O) groups excluding carboxylic acids is 1. The zero-order valence-corrected chi connectivity index (χ0v) is 8.36. The number of rotatable bonds is 1. The summed E-state index contributed by atoms with van der Waals surface area (Å²) in [5, 5.41) is 3.74. The normalized spacial score (nSPS) is 40.2. The Morgan fingerprint density at radius 1 is 1.58 bits per heavy atom. The first-order valence-electron chi connectivity index (χ1n) is 4.59. The molecule has 1 N–H and O–H groups in total. The quantitative estimate of drug-likeness (QED) is 0.666. The van der Waals surface area contributed by atoms with Crippen molar-refractivity contribution in [3.63, 3.8) is 0 Å². The van der Waals surface area contributed by atoms with E-state index in [1.165, 1.54) is 0 Å². The molecular formula is C9H15NOS. The summed E-state index contributed by atoms with van der Waals surface area (Å²) in [7, 11) is 0. The molecule has 2 fully saturated rings. The van der Waals surface area contributed by atoms with E-state index in [2.05, 4.69) is 19.2 Å². The smallest absolute Gasteiger partial charge is 0.220 e. The monoisotopic (exact) mass is 185 g/mol. The third-order valence-electron chi connectivity index (χ3n) is 2.83. The molecule has 0 aromatic heterocycles. The molecule has 2 rings (SSSR count). The Morgan fingerprint density at radius 2 is 2.33 bits per heavy atom. The number of fused-ring (bicyclic) bond motifs is 1. The molecule has 0 aromatic rings. The average molecular weight is 185 g/mol. The standard InChI is InChI=1S/C9H15NOS/c1-5(2)9-6-3-8(11)10-7(6)4-12-9/h5-7,9H,3-4H2,1-2H3,(H,10,11). The molecule has 3 atom stereocenters. The number of carbonyl (C=O) groups is 1. The molecule has 0 spiro atoms. The van der Waals surface area contributed by atoms with Gasteiger partial charge in [-0.2, -0.15) is 11.8 Å². The van der Waals surface area contributed by atoms with E-state index in [9.17, 15) is 4.79 Å². The van der Waals surface area contributed by atoms with E-state index in [1.807, 2.05) is 11.8 Å². The van der Waals surface area contributed by atoms with E-state index in [0.29, 0.717) is 23.1 Å². The second-order valence-electron chi connectivity index (χ2n) is 4.08. The maximum absolute atomic E-state index is 11.1. The Hall–Kier alpha value is -0.180. The van der Waals surface area contributed by atoms with Crippen molar-refractivity contribution in [2.45, 2.75) is 31.6 Å². The highest BCUT2D eigenvalue weighted by molar-refractivity contribution is 8.00. The second-order valence-corrected chi connectivity index (χ2v) is 5.29. The van der Waals surface area contributed by atoms with Gasteiger partial charge >= 0.3 is 0 Å². The molecule has 68 valence electrons. The van der Waals surface area contributed by atoms with Crippen LogP contribution in [0, 0.1) is 11.8 Å². The van der Waals surface area contributed by atoms with Crippen LogP contribution in [0.2, 0.25) is 0 Å². The average Bonchev–Trinajstić information content (AvgIpc) is 2.43. The molecule has 2 aliphatic heterocycles. The van der Waals surface area contributed by atoms with Gasteiger partial charge in [-0.25, -0.2) is 0 Å². The molecule has 3 unspecified atom stereocenters. The first-order chi connectivity index (χ1) is 5.68. The predicted molar refractivity (Wildman–Crippen MR) is 51.1 cm³/mol. The molecule has 0 aliphatic carbocycles. The van der Waals surface area contributed by atoms with Crippen molar-refractivity contribution in [3.05, 3.63) is 0 Å². The molecule has 0 radical (unpaired) electrons. The van der Waals surface area contributed by atoms with Crippen molar-refractivity contribution in [2.24, 2.45) is 11.8 Å². The summed E-state index contributed by atoms with van der Waals surface area (Å²) in [5.74, 6) is 2.70. The van der Waals surface area contributed by atoms with Crippen LogP contribution < -0.4 is 5.32 Å². The van der Waals surface area contributed by atoms with Gasteiger partial charge in [0, 0.05) is 29.4 Å². The molecule has 2 heterocycles. The molecule has 0 aromatic carbocycles. The summed E-state index contributed by atoms with van der Waals surface area (Å²) in [6.07, 6.45) is 0.764. The molecule has 12 heavy (non-hydrogen) atoms. The van der Waals surface area contributed by atoms with Gasteiger partial charge in [0.15, 0.2) is 0 Å². The number of nitrogens with one attached hydrogen (secondary N) is 1. The van der Waals surface area contributed by atoms with Gasteiger partial charge in [-0.3, -0.25) is 4.79 Å². The van der Waals surface area contributed by atoms with Crippen LogP contribution in [0.3, 0.4) is 0 Å². The lowest BCUT2D eigenvalue weighted by Crippen LogP contribution is -2.29. The lowest BCUT2D eigenvalue weighted by molar-refractivity contribution is -0.119. The number of hydrogen-bond acceptors (Lipinski definition) is 2. The Bertz CT molecular complexity index is 205. The molecular weight excluding hydrogens is 170 g/mol. The van der Waals surface area contributed by atoms with Crippen LogP contribution in [0.15, 0.2) is 0 Å². The Balaban J connectivity index is 2.08. The highest BCUT2D eigenvalue weighted by atomic mass is 32.2. The summed E-state index contributed by atoms with van der Waals surface area (Å²) in [6, 6.07) is 0.481. The van der Waals surface area contributed by atoms with E-state index in [4.69, 9.17) is 0 Å². The van der Waals surface area contributed by atoms with E-state index in [-0.39, 0.29) is 5.91 Å². The first kappa shape index (κ1) is 8.42. The summed E-state index contributed by atoms with van der Waals surface area (Å²) in [4.78, 5) is 11.1. The predicted octanol–water partition coefficient (Wildman–Crippen LogP) is 1.26. The van der Waals surface area contributed by atoms with E-state index in [1.54, 1.807) is 0 Å². The van der Waals surface area contributed by atoms with Crippen LogP contribution in [0.4, 0.5) is 0 Å². The van der Waals surface area contributed by atoms with Crippen molar-refractivity contribution in [1.82, 2.24) is 5.32 Å². The lowest BCUT2D eigenvalue weighted by Gasteiger charge is -2.19. The zero-order chi connectivity index (χ0) is 8.72. The topological polar surface area (TPSA) is 29.1 Å². The molecule has 2 saturated heterocycles. The van der Waals surface area contributed by atoms with E-state index in [0.717, 1.165) is 12.2 Å². The van der Waals surface area contributed by atoms with Crippen LogP contribution in [0.1, 0.15) is 20.3 Å². The Labute approximate surface area is 77.5 Å². The van der Waals surface area contributed by atoms with Gasteiger partial charge < -0.3 is 5.32 Å². The van der Waals surface area contributed by atoms with Gasteiger partial charge in [0.05, 0.1) is 0 Å². The van der Waals surface area contributed by atoms with E-state index >= 15 is 0 Å². The number of hydrogen-bond donors (Lipinski definition) is 1. The second kappa shape index (κ2) is 2.95. The highest BCUT2D eigenvalue weighted by Gasteiger charge is 2.44. The fourth-order valence-electron chi connectivity index (χ4n) is 2.26. The van der Waals surface area contributed by atoms with Crippen molar-refractivity contribution < 1.29 is 4.79 Å². The number of thioether (sulfide) groups is 1. The minimum atomic E-state index is 0.260. The highest BCUT2D eigenvalue weighted by Crippen LogP contribution is 2.41. The SMILES string of the molecule is CC(C)C1SCC2NC(=O)CC21. The maximum atomic E-state index is 11.1. The summed E-state index contributed by atoms with van der Waals surface area (Å²) in [6.45, 7) is 4.51. The van der Waals surface area contributed by atoms with Crippen molar-refractivity contribution in [2.75, 3.05) is 5.75 Å². The molecule has 3 heteroatoms. The van der Waals surface area contributed by atoms with Gasteiger partial charge in [-0.15, -0.1) is 0 Å².